The Hall–Kier alpha value is -1.56. The fourth-order valence-electron chi connectivity index (χ4n) is 2.49. The van der Waals surface area contributed by atoms with Crippen molar-refractivity contribution in [1.29, 1.82) is 0 Å². The number of rotatable bonds is 10. The average Bonchev–Trinajstić information content (AvgIpc) is 2.60. The first-order chi connectivity index (χ1) is 12.2. The number of aliphatic hydroxyl groups is 1. The molecule has 0 atom stereocenters. The van der Waals surface area contributed by atoms with Crippen LogP contribution in [0.5, 0.6) is 11.5 Å². The largest absolute Gasteiger partial charge is 0.490 e. The zero-order chi connectivity index (χ0) is 18.1. The van der Waals surface area contributed by atoms with Gasteiger partial charge in [-0.15, -0.1) is 0 Å². The van der Waals surface area contributed by atoms with Gasteiger partial charge in [0.15, 0.2) is 11.5 Å². The summed E-state index contributed by atoms with van der Waals surface area (Å²) >= 11 is 3.61. The van der Waals surface area contributed by atoms with Crippen molar-refractivity contribution in [1.82, 2.24) is 5.32 Å². The zero-order valence-electron chi connectivity index (χ0n) is 14.8. The van der Waals surface area contributed by atoms with Gasteiger partial charge in [0.1, 0.15) is 6.61 Å². The average molecular weight is 408 g/mol. The van der Waals surface area contributed by atoms with E-state index in [1.165, 1.54) is 5.56 Å². The molecular weight excluding hydrogens is 382 g/mol. The molecule has 0 aromatic heterocycles. The summed E-state index contributed by atoms with van der Waals surface area (Å²) in [7, 11) is 0. The van der Waals surface area contributed by atoms with Crippen LogP contribution in [0.4, 0.5) is 0 Å². The lowest BCUT2D eigenvalue weighted by molar-refractivity contribution is 0.267. The Morgan fingerprint density at radius 2 is 1.96 bits per heavy atom. The first-order valence-electron chi connectivity index (χ1n) is 8.59. The van der Waals surface area contributed by atoms with Crippen molar-refractivity contribution in [2.45, 2.75) is 33.4 Å². The van der Waals surface area contributed by atoms with Crippen LogP contribution < -0.4 is 14.8 Å². The lowest BCUT2D eigenvalue weighted by atomic mass is 10.1. The zero-order valence-corrected chi connectivity index (χ0v) is 16.4. The molecule has 2 rings (SSSR count). The highest BCUT2D eigenvalue weighted by atomic mass is 79.9. The van der Waals surface area contributed by atoms with Crippen molar-refractivity contribution in [2.24, 2.45) is 0 Å². The summed E-state index contributed by atoms with van der Waals surface area (Å²) in [6.45, 7) is 6.82. The molecule has 0 heterocycles. The van der Waals surface area contributed by atoms with Crippen LogP contribution in [0.2, 0.25) is 0 Å². The predicted molar refractivity (Wildman–Crippen MR) is 104 cm³/mol. The number of halogens is 1. The van der Waals surface area contributed by atoms with E-state index in [0.29, 0.717) is 13.2 Å². The van der Waals surface area contributed by atoms with Gasteiger partial charge in [0, 0.05) is 13.2 Å². The SMILES string of the molecule is CCOc1cc(CNCCCO)cc(Br)c1OCc1ccccc1C. The van der Waals surface area contributed by atoms with E-state index in [0.717, 1.165) is 46.6 Å². The maximum atomic E-state index is 8.85. The summed E-state index contributed by atoms with van der Waals surface area (Å²) in [6.07, 6.45) is 0.747. The van der Waals surface area contributed by atoms with E-state index in [1.807, 2.05) is 31.2 Å². The van der Waals surface area contributed by atoms with Gasteiger partial charge in [-0.25, -0.2) is 0 Å². The standard InChI is InChI=1S/C20H26BrNO3/c1-3-24-19-12-16(13-22-9-6-10-23)11-18(21)20(19)25-14-17-8-5-4-7-15(17)2/h4-5,7-8,11-12,22-23H,3,6,9-10,13-14H2,1-2H3. The van der Waals surface area contributed by atoms with E-state index in [2.05, 4.69) is 40.3 Å². The van der Waals surface area contributed by atoms with Crippen LogP contribution >= 0.6 is 15.9 Å². The molecule has 2 N–H and O–H groups in total. The van der Waals surface area contributed by atoms with Crippen molar-refractivity contribution in [3.8, 4) is 11.5 Å². The second kappa shape index (κ2) is 10.4. The minimum atomic E-state index is 0.201. The van der Waals surface area contributed by atoms with Gasteiger partial charge in [0.05, 0.1) is 11.1 Å². The number of aryl methyl sites for hydroxylation is 1. The normalized spacial score (nSPS) is 10.7. The Balaban J connectivity index is 2.11. The van der Waals surface area contributed by atoms with Gasteiger partial charge in [-0.2, -0.15) is 0 Å². The molecule has 0 amide bonds. The quantitative estimate of drug-likeness (QED) is 0.579. The maximum absolute atomic E-state index is 8.85. The van der Waals surface area contributed by atoms with E-state index < -0.39 is 0 Å². The number of aliphatic hydroxyl groups excluding tert-OH is 1. The molecule has 2 aromatic carbocycles. The molecule has 0 unspecified atom stereocenters. The first-order valence-corrected chi connectivity index (χ1v) is 9.39. The molecule has 25 heavy (non-hydrogen) atoms. The lowest BCUT2D eigenvalue weighted by Crippen LogP contribution is -2.16. The van der Waals surface area contributed by atoms with Gasteiger partial charge >= 0.3 is 0 Å². The first kappa shape index (κ1) is 19.8. The summed E-state index contributed by atoms with van der Waals surface area (Å²) in [6, 6.07) is 12.3. The second-order valence-corrected chi connectivity index (χ2v) is 6.66. The minimum absolute atomic E-state index is 0.201. The van der Waals surface area contributed by atoms with Crippen molar-refractivity contribution in [2.75, 3.05) is 19.8 Å². The van der Waals surface area contributed by atoms with Gasteiger partial charge in [0.2, 0.25) is 0 Å². The third-order valence-corrected chi connectivity index (χ3v) is 4.43. The van der Waals surface area contributed by atoms with E-state index >= 15 is 0 Å². The van der Waals surface area contributed by atoms with E-state index in [9.17, 15) is 0 Å². The van der Waals surface area contributed by atoms with E-state index in [4.69, 9.17) is 14.6 Å². The maximum Gasteiger partial charge on any atom is 0.175 e. The fourth-order valence-corrected chi connectivity index (χ4v) is 3.09. The van der Waals surface area contributed by atoms with E-state index in [1.54, 1.807) is 0 Å². The minimum Gasteiger partial charge on any atom is -0.490 e. The number of hydrogen-bond acceptors (Lipinski definition) is 4. The van der Waals surface area contributed by atoms with Crippen LogP contribution in [0.25, 0.3) is 0 Å². The molecule has 0 saturated carbocycles. The van der Waals surface area contributed by atoms with Gasteiger partial charge in [0.25, 0.3) is 0 Å². The summed E-state index contributed by atoms with van der Waals surface area (Å²) in [5, 5.41) is 12.2. The Bertz CT molecular complexity index is 676. The highest BCUT2D eigenvalue weighted by Gasteiger charge is 2.13. The molecule has 0 aliphatic rings. The summed E-state index contributed by atoms with van der Waals surface area (Å²) in [5.41, 5.74) is 3.48. The smallest absolute Gasteiger partial charge is 0.175 e. The van der Waals surface area contributed by atoms with Crippen LogP contribution in [0.3, 0.4) is 0 Å². The molecule has 0 saturated heterocycles. The summed E-state index contributed by atoms with van der Waals surface area (Å²) in [4.78, 5) is 0. The van der Waals surface area contributed by atoms with Crippen molar-refractivity contribution >= 4 is 15.9 Å². The van der Waals surface area contributed by atoms with Gasteiger partial charge in [-0.1, -0.05) is 24.3 Å². The number of hydrogen-bond donors (Lipinski definition) is 2. The van der Waals surface area contributed by atoms with Crippen LogP contribution in [0, 0.1) is 6.92 Å². The molecule has 0 bridgehead atoms. The molecule has 0 aliphatic heterocycles. The summed E-state index contributed by atoms with van der Waals surface area (Å²) in [5.74, 6) is 1.47. The topological polar surface area (TPSA) is 50.7 Å². The van der Waals surface area contributed by atoms with Crippen molar-refractivity contribution < 1.29 is 14.6 Å². The number of nitrogens with one attached hydrogen (secondary N) is 1. The van der Waals surface area contributed by atoms with Crippen LogP contribution in [0.1, 0.15) is 30.0 Å². The highest BCUT2D eigenvalue weighted by Crippen LogP contribution is 2.37. The second-order valence-electron chi connectivity index (χ2n) is 5.81. The molecule has 0 spiro atoms. The van der Waals surface area contributed by atoms with Gasteiger partial charge < -0.3 is 19.9 Å². The van der Waals surface area contributed by atoms with Crippen LogP contribution in [-0.2, 0) is 13.2 Å². The molecule has 5 heteroatoms. The molecule has 4 nitrogen and oxygen atoms in total. The third-order valence-electron chi connectivity index (χ3n) is 3.84. The van der Waals surface area contributed by atoms with Crippen LogP contribution in [0.15, 0.2) is 40.9 Å². The molecule has 136 valence electrons. The van der Waals surface area contributed by atoms with Gasteiger partial charge in [-0.05, 0) is 71.6 Å². The Kier molecular flexibility index (Phi) is 8.25. The molecule has 0 fully saturated rings. The monoisotopic (exact) mass is 407 g/mol. The van der Waals surface area contributed by atoms with Gasteiger partial charge in [-0.3, -0.25) is 0 Å². The predicted octanol–water partition coefficient (Wildman–Crippen LogP) is 4.21. The van der Waals surface area contributed by atoms with Crippen molar-refractivity contribution in [3.05, 3.63) is 57.6 Å². The number of benzene rings is 2. The number of ether oxygens (including phenoxy) is 2. The van der Waals surface area contributed by atoms with Crippen molar-refractivity contribution in [3.63, 3.8) is 0 Å². The molecular formula is C20H26BrNO3. The Morgan fingerprint density at radius 3 is 2.68 bits per heavy atom. The molecule has 0 radical (unpaired) electrons. The Morgan fingerprint density at radius 1 is 1.16 bits per heavy atom. The van der Waals surface area contributed by atoms with Crippen LogP contribution in [-0.4, -0.2) is 24.9 Å². The Labute approximate surface area is 158 Å². The lowest BCUT2D eigenvalue weighted by Gasteiger charge is -2.16. The summed E-state index contributed by atoms with van der Waals surface area (Å²) < 4.78 is 12.7. The molecule has 2 aromatic rings. The highest BCUT2D eigenvalue weighted by molar-refractivity contribution is 9.10. The third kappa shape index (κ3) is 6.03. The van der Waals surface area contributed by atoms with E-state index in [-0.39, 0.29) is 6.61 Å². The molecule has 0 aliphatic carbocycles. The fraction of sp³-hybridized carbons (Fsp3) is 0.400.